The van der Waals surface area contributed by atoms with Crippen LogP contribution >= 0.6 is 22.6 Å². The van der Waals surface area contributed by atoms with Gasteiger partial charge in [-0.15, -0.1) is 0 Å². The second kappa shape index (κ2) is 5.85. The zero-order valence-corrected chi connectivity index (χ0v) is 11.8. The first-order chi connectivity index (χ1) is 9.08. The second-order valence-corrected chi connectivity index (χ2v) is 4.92. The molecule has 0 heterocycles. The lowest BCUT2D eigenvalue weighted by atomic mass is 10.2. The van der Waals surface area contributed by atoms with E-state index in [0.717, 1.165) is 3.57 Å². The molecule has 0 aliphatic rings. The molecule has 98 valence electrons. The van der Waals surface area contributed by atoms with Gasteiger partial charge in [0.1, 0.15) is 11.5 Å². The average Bonchev–Trinajstić information content (AvgIpc) is 2.38. The fraction of sp³-hybridized carbons (Fsp3) is 0. The summed E-state index contributed by atoms with van der Waals surface area (Å²) in [5.41, 5.74) is 2.70. The summed E-state index contributed by atoms with van der Waals surface area (Å²) in [6.07, 6.45) is 0. The maximum Gasteiger partial charge on any atom is 0.275 e. The van der Waals surface area contributed by atoms with E-state index in [1.807, 2.05) is 18.2 Å². The predicted octanol–water partition coefficient (Wildman–Crippen LogP) is 3.28. The summed E-state index contributed by atoms with van der Waals surface area (Å²) in [5, 5.41) is 10.8. The lowest BCUT2D eigenvalue weighted by Crippen LogP contribution is -2.07. The number of rotatable bonds is 4. The van der Waals surface area contributed by atoms with Gasteiger partial charge in [0.05, 0.1) is 16.7 Å². The summed E-state index contributed by atoms with van der Waals surface area (Å²) < 4.78 is 6.60. The van der Waals surface area contributed by atoms with Gasteiger partial charge in [-0.3, -0.25) is 16.0 Å². The highest BCUT2D eigenvalue weighted by molar-refractivity contribution is 14.1. The molecule has 0 atom stereocenters. The van der Waals surface area contributed by atoms with Crippen LogP contribution in [0.2, 0.25) is 0 Å². The smallest absolute Gasteiger partial charge is 0.275 e. The van der Waals surface area contributed by atoms with Crippen molar-refractivity contribution in [2.75, 3.05) is 5.43 Å². The van der Waals surface area contributed by atoms with Crippen LogP contribution in [-0.4, -0.2) is 4.92 Å². The third-order valence-electron chi connectivity index (χ3n) is 2.30. The van der Waals surface area contributed by atoms with Crippen LogP contribution in [0, 0.1) is 13.7 Å². The van der Waals surface area contributed by atoms with Crippen molar-refractivity contribution in [2.45, 2.75) is 0 Å². The summed E-state index contributed by atoms with van der Waals surface area (Å²) in [7, 11) is 0. The van der Waals surface area contributed by atoms with Gasteiger partial charge in [-0.1, -0.05) is 6.07 Å². The Bertz CT molecular complexity index is 619. The highest BCUT2D eigenvalue weighted by Gasteiger charge is 2.10. The van der Waals surface area contributed by atoms with Crippen molar-refractivity contribution < 1.29 is 9.66 Å². The molecule has 0 spiro atoms. The minimum atomic E-state index is -0.498. The number of hydrogen-bond donors (Lipinski definition) is 2. The van der Waals surface area contributed by atoms with Crippen molar-refractivity contribution >= 4 is 34.0 Å². The topological polar surface area (TPSA) is 90.4 Å². The van der Waals surface area contributed by atoms with Crippen LogP contribution in [0.1, 0.15) is 0 Å². The molecule has 0 fully saturated rings. The van der Waals surface area contributed by atoms with E-state index >= 15 is 0 Å². The number of nitrogens with two attached hydrogens (primary N) is 1. The number of hydrogen-bond acceptors (Lipinski definition) is 5. The number of benzene rings is 2. The number of nitrogens with zero attached hydrogens (tertiary/aromatic N) is 1. The quantitative estimate of drug-likeness (QED) is 0.373. The highest BCUT2D eigenvalue weighted by atomic mass is 127. The number of nitro benzene ring substituents is 1. The van der Waals surface area contributed by atoms with E-state index in [-0.39, 0.29) is 5.69 Å². The lowest BCUT2D eigenvalue weighted by molar-refractivity contribution is -0.384. The third-order valence-corrected chi connectivity index (χ3v) is 2.97. The number of nitro groups is 1. The van der Waals surface area contributed by atoms with Gasteiger partial charge < -0.3 is 10.2 Å². The number of halogens is 1. The molecule has 2 aromatic rings. The van der Waals surface area contributed by atoms with Crippen LogP contribution in [-0.2, 0) is 0 Å². The van der Waals surface area contributed by atoms with E-state index in [1.165, 1.54) is 12.1 Å². The van der Waals surface area contributed by atoms with Gasteiger partial charge in [0.25, 0.3) is 5.69 Å². The largest absolute Gasteiger partial charge is 0.457 e. The Hall–Kier alpha value is -1.87. The van der Waals surface area contributed by atoms with Gasteiger partial charge in [-0.05, 0) is 40.8 Å². The summed E-state index contributed by atoms with van der Waals surface area (Å²) >= 11 is 2.16. The fourth-order valence-electron chi connectivity index (χ4n) is 1.50. The molecule has 7 heteroatoms. The maximum atomic E-state index is 10.8. The third kappa shape index (κ3) is 3.55. The SMILES string of the molecule is NNc1cc(Oc2cccc(I)c2)cc([N+](=O)[O-])c1. The van der Waals surface area contributed by atoms with E-state index in [1.54, 1.807) is 12.1 Å². The number of non-ortho nitro benzene ring substituents is 1. The molecule has 0 unspecified atom stereocenters. The van der Waals surface area contributed by atoms with Crippen molar-refractivity contribution in [3.05, 3.63) is 56.1 Å². The molecule has 2 rings (SSSR count). The van der Waals surface area contributed by atoms with Crippen molar-refractivity contribution in [2.24, 2.45) is 5.84 Å². The summed E-state index contributed by atoms with van der Waals surface area (Å²) in [5.74, 6) is 6.23. The van der Waals surface area contributed by atoms with Crippen molar-refractivity contribution in [3.8, 4) is 11.5 Å². The normalized spacial score (nSPS) is 10.0. The van der Waals surface area contributed by atoms with Crippen molar-refractivity contribution in [1.82, 2.24) is 0 Å². The standard InChI is InChI=1S/C12H10IN3O3/c13-8-2-1-3-11(4-8)19-12-6-9(15-14)5-10(7-12)16(17)18/h1-7,15H,14H2. The summed E-state index contributed by atoms with van der Waals surface area (Å²) in [4.78, 5) is 10.3. The Kier molecular flexibility index (Phi) is 4.17. The Balaban J connectivity index is 2.34. The fourth-order valence-corrected chi connectivity index (χ4v) is 2.01. The van der Waals surface area contributed by atoms with E-state index in [9.17, 15) is 10.1 Å². The maximum absolute atomic E-state index is 10.8. The van der Waals surface area contributed by atoms with E-state index in [4.69, 9.17) is 10.6 Å². The van der Waals surface area contributed by atoms with Gasteiger partial charge in [-0.25, -0.2) is 0 Å². The molecule has 2 aromatic carbocycles. The second-order valence-electron chi connectivity index (χ2n) is 3.68. The molecular weight excluding hydrogens is 361 g/mol. The predicted molar refractivity (Wildman–Crippen MR) is 80.1 cm³/mol. The van der Waals surface area contributed by atoms with E-state index in [2.05, 4.69) is 28.0 Å². The lowest BCUT2D eigenvalue weighted by Gasteiger charge is -2.08. The molecule has 0 radical (unpaired) electrons. The van der Waals surface area contributed by atoms with Crippen molar-refractivity contribution in [1.29, 1.82) is 0 Å². The van der Waals surface area contributed by atoms with E-state index in [0.29, 0.717) is 17.2 Å². The molecule has 0 saturated carbocycles. The first-order valence-corrected chi connectivity index (χ1v) is 6.36. The highest BCUT2D eigenvalue weighted by Crippen LogP contribution is 2.29. The molecule has 3 N–H and O–H groups in total. The Morgan fingerprint density at radius 1 is 1.21 bits per heavy atom. The zero-order valence-electron chi connectivity index (χ0n) is 9.67. The number of nitrogen functional groups attached to an aromatic ring is 1. The van der Waals surface area contributed by atoms with Crippen LogP contribution in [0.25, 0.3) is 0 Å². The van der Waals surface area contributed by atoms with Crippen LogP contribution in [0.15, 0.2) is 42.5 Å². The minimum absolute atomic E-state index is 0.0870. The van der Waals surface area contributed by atoms with Gasteiger partial charge in [-0.2, -0.15) is 0 Å². The Morgan fingerprint density at radius 3 is 2.63 bits per heavy atom. The molecule has 0 aliphatic heterocycles. The van der Waals surface area contributed by atoms with Crippen molar-refractivity contribution in [3.63, 3.8) is 0 Å². The first kappa shape index (κ1) is 13.6. The minimum Gasteiger partial charge on any atom is -0.457 e. The van der Waals surface area contributed by atoms with Gasteiger partial charge >= 0.3 is 0 Å². The van der Waals surface area contributed by atoms with Crippen LogP contribution < -0.4 is 16.0 Å². The molecule has 0 aliphatic carbocycles. The molecule has 6 nitrogen and oxygen atoms in total. The van der Waals surface area contributed by atoms with Gasteiger partial charge in [0, 0.05) is 15.7 Å². The van der Waals surface area contributed by atoms with Gasteiger partial charge in [0.15, 0.2) is 0 Å². The summed E-state index contributed by atoms with van der Waals surface area (Å²) in [6.45, 7) is 0. The monoisotopic (exact) mass is 371 g/mol. The molecule has 0 saturated heterocycles. The average molecular weight is 371 g/mol. The Labute approximate surface area is 122 Å². The molecule has 0 amide bonds. The van der Waals surface area contributed by atoms with Crippen LogP contribution in [0.5, 0.6) is 11.5 Å². The zero-order chi connectivity index (χ0) is 13.8. The molecule has 0 aromatic heterocycles. The molecule has 19 heavy (non-hydrogen) atoms. The number of nitrogens with one attached hydrogen (secondary N) is 1. The van der Waals surface area contributed by atoms with Crippen LogP contribution in [0.4, 0.5) is 11.4 Å². The number of hydrazine groups is 1. The molecular formula is C12H10IN3O3. The van der Waals surface area contributed by atoms with Gasteiger partial charge in [0.2, 0.25) is 0 Å². The number of ether oxygens (including phenoxy) is 1. The first-order valence-electron chi connectivity index (χ1n) is 5.28. The van der Waals surface area contributed by atoms with Crippen LogP contribution in [0.3, 0.4) is 0 Å². The van der Waals surface area contributed by atoms with E-state index < -0.39 is 4.92 Å². The molecule has 0 bridgehead atoms. The summed E-state index contributed by atoms with van der Waals surface area (Å²) in [6, 6.07) is 11.6. The Morgan fingerprint density at radius 2 is 2.00 bits per heavy atom. The number of anilines is 1.